The fourth-order valence-electron chi connectivity index (χ4n) is 4.36. The maximum Gasteiger partial charge on any atom is 0.204 e. The Morgan fingerprint density at radius 1 is 0.962 bits per heavy atom. The second-order valence-electron chi connectivity index (χ2n) is 7.69. The Balaban J connectivity index is 1.44. The van der Waals surface area contributed by atoms with E-state index in [1.54, 1.807) is 0 Å². The first kappa shape index (κ1) is 19.4. The van der Waals surface area contributed by atoms with Gasteiger partial charge < -0.3 is 14.2 Å². The predicted molar refractivity (Wildman–Crippen MR) is 96.6 cm³/mol. The van der Waals surface area contributed by atoms with Gasteiger partial charge in [-0.05, 0) is 55.6 Å². The van der Waals surface area contributed by atoms with Gasteiger partial charge in [-0.3, -0.25) is 0 Å². The van der Waals surface area contributed by atoms with E-state index in [1.165, 1.54) is 51.3 Å². The van der Waals surface area contributed by atoms with Gasteiger partial charge in [0.15, 0.2) is 11.5 Å². The van der Waals surface area contributed by atoms with Crippen LogP contribution in [0, 0.1) is 29.4 Å². The lowest BCUT2D eigenvalue weighted by Gasteiger charge is -2.37. The van der Waals surface area contributed by atoms with Crippen molar-refractivity contribution in [2.75, 3.05) is 20.3 Å². The molecule has 2 aliphatic rings. The van der Waals surface area contributed by atoms with Crippen LogP contribution in [-0.4, -0.2) is 26.4 Å². The number of hydrogen-bond donors (Lipinski definition) is 0. The van der Waals surface area contributed by atoms with Gasteiger partial charge in [-0.2, -0.15) is 8.78 Å². The van der Waals surface area contributed by atoms with E-state index >= 15 is 0 Å². The molecule has 1 heterocycles. The lowest BCUT2D eigenvalue weighted by molar-refractivity contribution is -0.0564. The summed E-state index contributed by atoms with van der Waals surface area (Å²) >= 11 is 0. The molecule has 26 heavy (non-hydrogen) atoms. The van der Waals surface area contributed by atoms with Crippen LogP contribution >= 0.6 is 0 Å². The van der Waals surface area contributed by atoms with Crippen LogP contribution in [0.3, 0.4) is 0 Å². The number of rotatable bonds is 6. The van der Waals surface area contributed by atoms with E-state index in [1.807, 2.05) is 0 Å². The largest absolute Gasteiger partial charge is 0.494 e. The van der Waals surface area contributed by atoms with Crippen molar-refractivity contribution < 1.29 is 23.0 Å². The Hall–Kier alpha value is -1.36. The smallest absolute Gasteiger partial charge is 0.204 e. The van der Waals surface area contributed by atoms with Crippen molar-refractivity contribution in [1.29, 1.82) is 0 Å². The molecule has 2 unspecified atom stereocenters. The second kappa shape index (κ2) is 9.03. The Bertz CT molecular complexity index is 577. The average molecular weight is 368 g/mol. The molecule has 1 aromatic carbocycles. The SMILES string of the molecule is CCC1CCC(C2CCC(COc3ccc(OC)c(F)c3F)OC2)CC1. The van der Waals surface area contributed by atoms with Gasteiger partial charge in [0, 0.05) is 0 Å². The molecule has 0 bridgehead atoms. The fourth-order valence-corrected chi connectivity index (χ4v) is 4.36. The maximum absolute atomic E-state index is 13.9. The van der Waals surface area contributed by atoms with Crippen molar-refractivity contribution >= 4 is 0 Å². The Morgan fingerprint density at radius 3 is 2.23 bits per heavy atom. The quantitative estimate of drug-likeness (QED) is 0.676. The normalized spacial score (nSPS) is 29.4. The van der Waals surface area contributed by atoms with Crippen molar-refractivity contribution in [3.05, 3.63) is 23.8 Å². The van der Waals surface area contributed by atoms with Crippen LogP contribution < -0.4 is 9.47 Å². The van der Waals surface area contributed by atoms with Gasteiger partial charge in [-0.1, -0.05) is 26.2 Å². The molecule has 0 radical (unpaired) electrons. The molecule has 146 valence electrons. The molecule has 0 spiro atoms. The van der Waals surface area contributed by atoms with Crippen LogP contribution in [0.25, 0.3) is 0 Å². The van der Waals surface area contributed by atoms with E-state index in [-0.39, 0.29) is 24.2 Å². The second-order valence-corrected chi connectivity index (χ2v) is 7.69. The van der Waals surface area contributed by atoms with Crippen molar-refractivity contribution in [1.82, 2.24) is 0 Å². The molecule has 0 N–H and O–H groups in total. The Kier molecular flexibility index (Phi) is 6.74. The van der Waals surface area contributed by atoms with Crippen LogP contribution in [0.2, 0.25) is 0 Å². The van der Waals surface area contributed by atoms with E-state index < -0.39 is 11.6 Å². The summed E-state index contributed by atoms with van der Waals surface area (Å²) in [6.07, 6.45) is 8.65. The first-order chi connectivity index (χ1) is 12.6. The zero-order valence-electron chi connectivity index (χ0n) is 15.8. The third-order valence-electron chi connectivity index (χ3n) is 6.20. The molecule has 1 saturated carbocycles. The molecule has 2 fully saturated rings. The number of hydrogen-bond acceptors (Lipinski definition) is 3. The standard InChI is InChI=1S/C21H30F2O3/c1-3-14-4-6-15(7-5-14)16-8-9-17(25-12-16)13-26-19-11-10-18(24-2)20(22)21(19)23/h10-11,14-17H,3-9,12-13H2,1-2H3. The summed E-state index contributed by atoms with van der Waals surface area (Å²) in [6, 6.07) is 2.77. The van der Waals surface area contributed by atoms with Gasteiger partial charge in [0.25, 0.3) is 0 Å². The molecular formula is C21H30F2O3. The number of halogens is 2. The lowest BCUT2D eigenvalue weighted by Crippen LogP contribution is -2.35. The van der Waals surface area contributed by atoms with Crippen molar-refractivity contribution in [3.8, 4) is 11.5 Å². The molecule has 3 nitrogen and oxygen atoms in total. The van der Waals surface area contributed by atoms with Crippen LogP contribution in [0.4, 0.5) is 8.78 Å². The summed E-state index contributed by atoms with van der Waals surface area (Å²) in [5, 5.41) is 0. The fraction of sp³-hybridized carbons (Fsp3) is 0.714. The molecule has 1 saturated heterocycles. The molecular weight excluding hydrogens is 338 g/mol. The van der Waals surface area contributed by atoms with Gasteiger partial charge in [-0.25, -0.2) is 0 Å². The van der Waals surface area contributed by atoms with Crippen LogP contribution in [0.5, 0.6) is 11.5 Å². The van der Waals surface area contributed by atoms with Gasteiger partial charge in [-0.15, -0.1) is 0 Å². The Morgan fingerprint density at radius 2 is 1.62 bits per heavy atom. The van der Waals surface area contributed by atoms with Crippen LogP contribution in [0.1, 0.15) is 51.9 Å². The van der Waals surface area contributed by atoms with Gasteiger partial charge in [0.2, 0.25) is 11.6 Å². The molecule has 1 aromatic rings. The monoisotopic (exact) mass is 368 g/mol. The number of benzene rings is 1. The highest BCUT2D eigenvalue weighted by molar-refractivity contribution is 5.34. The predicted octanol–water partition coefficient (Wildman–Crippen LogP) is 5.36. The summed E-state index contributed by atoms with van der Waals surface area (Å²) in [5.41, 5.74) is 0. The van der Waals surface area contributed by atoms with E-state index in [9.17, 15) is 8.78 Å². The highest BCUT2D eigenvalue weighted by Gasteiger charge is 2.31. The van der Waals surface area contributed by atoms with Crippen molar-refractivity contribution in [3.63, 3.8) is 0 Å². The number of methoxy groups -OCH3 is 1. The molecule has 2 atom stereocenters. The maximum atomic E-state index is 13.9. The first-order valence-electron chi connectivity index (χ1n) is 9.88. The third-order valence-corrected chi connectivity index (χ3v) is 6.20. The molecule has 5 heteroatoms. The van der Waals surface area contributed by atoms with E-state index in [0.717, 1.165) is 31.3 Å². The van der Waals surface area contributed by atoms with Crippen molar-refractivity contribution in [2.45, 2.75) is 58.0 Å². The summed E-state index contributed by atoms with van der Waals surface area (Å²) < 4.78 is 43.9. The minimum Gasteiger partial charge on any atom is -0.494 e. The van der Waals surface area contributed by atoms with Crippen molar-refractivity contribution in [2.24, 2.45) is 17.8 Å². The zero-order valence-corrected chi connectivity index (χ0v) is 15.8. The van der Waals surface area contributed by atoms with Crippen LogP contribution in [-0.2, 0) is 4.74 Å². The Labute approximate surface area is 155 Å². The average Bonchev–Trinajstić information content (AvgIpc) is 2.70. The van der Waals surface area contributed by atoms with Gasteiger partial charge in [0.1, 0.15) is 6.61 Å². The highest BCUT2D eigenvalue weighted by Crippen LogP contribution is 2.38. The topological polar surface area (TPSA) is 27.7 Å². The lowest BCUT2D eigenvalue weighted by atomic mass is 9.73. The minimum absolute atomic E-state index is 0.0530. The zero-order chi connectivity index (χ0) is 18.5. The third kappa shape index (κ3) is 4.48. The highest BCUT2D eigenvalue weighted by atomic mass is 19.2. The van der Waals surface area contributed by atoms with E-state index in [2.05, 4.69) is 6.92 Å². The van der Waals surface area contributed by atoms with E-state index in [4.69, 9.17) is 14.2 Å². The molecule has 1 aliphatic carbocycles. The summed E-state index contributed by atoms with van der Waals surface area (Å²) in [6.45, 7) is 3.30. The molecule has 1 aliphatic heterocycles. The summed E-state index contributed by atoms with van der Waals surface area (Å²) in [7, 11) is 1.30. The van der Waals surface area contributed by atoms with E-state index in [0.29, 0.717) is 5.92 Å². The molecule has 0 amide bonds. The van der Waals surface area contributed by atoms with Gasteiger partial charge >= 0.3 is 0 Å². The summed E-state index contributed by atoms with van der Waals surface area (Å²) in [4.78, 5) is 0. The summed E-state index contributed by atoms with van der Waals surface area (Å²) in [5.74, 6) is 0.100. The molecule has 3 rings (SSSR count). The number of ether oxygens (including phenoxy) is 3. The molecule has 0 aromatic heterocycles. The minimum atomic E-state index is -1.02. The van der Waals surface area contributed by atoms with Gasteiger partial charge in [0.05, 0.1) is 19.8 Å². The van der Waals surface area contributed by atoms with Crippen LogP contribution in [0.15, 0.2) is 12.1 Å². The first-order valence-corrected chi connectivity index (χ1v) is 9.88.